The SMILES string of the molecule is COC(=O)c1cc(CNC(=O)CCNC(=O)C23CC4CC(CC(C4)C2)C3)oc1C. The van der Waals surface area contributed by atoms with E-state index in [-0.39, 0.29) is 30.2 Å². The van der Waals surface area contributed by atoms with Gasteiger partial charge in [0.25, 0.3) is 0 Å². The van der Waals surface area contributed by atoms with Gasteiger partial charge in [0.15, 0.2) is 0 Å². The molecular weight excluding hydrogens is 372 g/mol. The molecule has 158 valence electrons. The molecule has 7 heteroatoms. The number of carbonyl (C=O) groups excluding carboxylic acids is 3. The van der Waals surface area contributed by atoms with Crippen molar-refractivity contribution in [2.75, 3.05) is 13.7 Å². The summed E-state index contributed by atoms with van der Waals surface area (Å²) in [7, 11) is 1.31. The summed E-state index contributed by atoms with van der Waals surface area (Å²) in [4.78, 5) is 36.6. The molecule has 4 fully saturated rings. The van der Waals surface area contributed by atoms with Gasteiger partial charge in [-0.25, -0.2) is 4.79 Å². The average Bonchev–Trinajstić information content (AvgIpc) is 3.05. The van der Waals surface area contributed by atoms with Crippen molar-refractivity contribution in [2.45, 2.75) is 58.4 Å². The van der Waals surface area contributed by atoms with Crippen molar-refractivity contribution < 1.29 is 23.5 Å². The zero-order chi connectivity index (χ0) is 20.6. The molecule has 0 spiro atoms. The number of carbonyl (C=O) groups is 3. The number of nitrogens with one attached hydrogen (secondary N) is 2. The number of amides is 2. The van der Waals surface area contributed by atoms with E-state index in [1.54, 1.807) is 13.0 Å². The molecule has 0 radical (unpaired) electrons. The minimum Gasteiger partial charge on any atom is -0.465 e. The zero-order valence-corrected chi connectivity index (χ0v) is 17.2. The van der Waals surface area contributed by atoms with Gasteiger partial charge in [0.05, 0.1) is 13.7 Å². The van der Waals surface area contributed by atoms with E-state index in [0.29, 0.717) is 23.6 Å². The van der Waals surface area contributed by atoms with Crippen LogP contribution in [0.1, 0.15) is 66.8 Å². The second-order valence-corrected chi connectivity index (χ2v) is 9.15. The van der Waals surface area contributed by atoms with Gasteiger partial charge in [-0.1, -0.05) is 0 Å². The monoisotopic (exact) mass is 402 g/mol. The van der Waals surface area contributed by atoms with E-state index in [1.165, 1.54) is 26.4 Å². The lowest BCUT2D eigenvalue weighted by atomic mass is 9.49. The van der Waals surface area contributed by atoms with Crippen LogP contribution in [-0.2, 0) is 20.9 Å². The Morgan fingerprint density at radius 1 is 1.10 bits per heavy atom. The second-order valence-electron chi connectivity index (χ2n) is 9.15. The lowest BCUT2D eigenvalue weighted by molar-refractivity contribution is -0.146. The zero-order valence-electron chi connectivity index (χ0n) is 17.2. The van der Waals surface area contributed by atoms with E-state index in [9.17, 15) is 14.4 Å². The highest BCUT2D eigenvalue weighted by molar-refractivity contribution is 5.90. The average molecular weight is 402 g/mol. The highest BCUT2D eigenvalue weighted by Crippen LogP contribution is 2.60. The molecule has 5 rings (SSSR count). The fourth-order valence-corrected chi connectivity index (χ4v) is 6.08. The van der Waals surface area contributed by atoms with Gasteiger partial charge in [-0.15, -0.1) is 0 Å². The van der Waals surface area contributed by atoms with Gasteiger partial charge in [0.1, 0.15) is 17.1 Å². The van der Waals surface area contributed by atoms with Crippen LogP contribution in [0.25, 0.3) is 0 Å². The van der Waals surface area contributed by atoms with Crippen molar-refractivity contribution in [3.8, 4) is 0 Å². The molecule has 1 aromatic rings. The minimum atomic E-state index is -0.462. The van der Waals surface area contributed by atoms with Gasteiger partial charge >= 0.3 is 5.97 Å². The first-order valence-corrected chi connectivity index (χ1v) is 10.6. The van der Waals surface area contributed by atoms with Gasteiger partial charge in [0.2, 0.25) is 11.8 Å². The predicted molar refractivity (Wildman–Crippen MR) is 105 cm³/mol. The fraction of sp³-hybridized carbons (Fsp3) is 0.682. The molecule has 0 unspecified atom stereocenters. The standard InChI is InChI=1S/C22H30N2O5/c1-13-18(20(26)28-2)8-17(29-13)12-24-19(25)3-4-23-21(27)22-9-14-5-15(10-22)7-16(6-14)11-22/h8,14-16H,3-7,9-12H2,1-2H3,(H,23,27)(H,24,25). The first-order chi connectivity index (χ1) is 13.9. The number of ether oxygens (including phenoxy) is 1. The summed E-state index contributed by atoms with van der Waals surface area (Å²) in [6.45, 7) is 2.22. The number of hydrogen-bond acceptors (Lipinski definition) is 5. The van der Waals surface area contributed by atoms with Gasteiger partial charge in [-0.2, -0.15) is 0 Å². The van der Waals surface area contributed by atoms with Gasteiger partial charge < -0.3 is 19.8 Å². The maximum absolute atomic E-state index is 12.9. The first-order valence-electron chi connectivity index (χ1n) is 10.6. The van der Waals surface area contributed by atoms with E-state index in [2.05, 4.69) is 10.6 Å². The molecule has 2 N–H and O–H groups in total. The number of methoxy groups -OCH3 is 1. The van der Waals surface area contributed by atoms with E-state index in [0.717, 1.165) is 37.0 Å². The molecule has 1 aromatic heterocycles. The third kappa shape index (κ3) is 4.05. The molecule has 4 aliphatic carbocycles. The Balaban J connectivity index is 1.22. The summed E-state index contributed by atoms with van der Waals surface area (Å²) >= 11 is 0. The van der Waals surface area contributed by atoms with Crippen molar-refractivity contribution >= 4 is 17.8 Å². The van der Waals surface area contributed by atoms with Crippen molar-refractivity contribution in [3.05, 3.63) is 23.2 Å². The number of hydrogen-bond donors (Lipinski definition) is 2. The third-order valence-corrected chi connectivity index (χ3v) is 6.99. The van der Waals surface area contributed by atoms with Crippen molar-refractivity contribution in [1.82, 2.24) is 10.6 Å². The van der Waals surface area contributed by atoms with E-state index < -0.39 is 5.97 Å². The lowest BCUT2D eigenvalue weighted by Crippen LogP contribution is -2.53. The summed E-state index contributed by atoms with van der Waals surface area (Å²) in [5.74, 6) is 2.65. The normalized spacial score (nSPS) is 29.5. The Morgan fingerprint density at radius 2 is 1.72 bits per heavy atom. The highest BCUT2D eigenvalue weighted by Gasteiger charge is 2.54. The number of rotatable bonds is 7. The topological polar surface area (TPSA) is 97.6 Å². The molecule has 4 saturated carbocycles. The summed E-state index contributed by atoms with van der Waals surface area (Å²) in [5.41, 5.74) is 0.181. The molecular formula is C22H30N2O5. The van der Waals surface area contributed by atoms with Crippen LogP contribution in [0.15, 0.2) is 10.5 Å². The van der Waals surface area contributed by atoms with Crippen LogP contribution < -0.4 is 10.6 Å². The Labute approximate surface area is 170 Å². The maximum atomic E-state index is 12.9. The van der Waals surface area contributed by atoms with Crippen LogP contribution in [0.3, 0.4) is 0 Å². The number of furan rings is 1. The van der Waals surface area contributed by atoms with Gasteiger partial charge in [-0.05, 0) is 69.3 Å². The molecule has 0 saturated heterocycles. The van der Waals surface area contributed by atoms with Crippen LogP contribution >= 0.6 is 0 Å². The Morgan fingerprint density at radius 3 is 2.31 bits per heavy atom. The second kappa shape index (κ2) is 7.84. The summed E-state index contributed by atoms with van der Waals surface area (Å²) in [5, 5.41) is 5.79. The molecule has 7 nitrogen and oxygen atoms in total. The smallest absolute Gasteiger partial charge is 0.341 e. The number of esters is 1. The molecule has 4 aliphatic rings. The van der Waals surface area contributed by atoms with Crippen molar-refractivity contribution in [3.63, 3.8) is 0 Å². The highest BCUT2D eigenvalue weighted by atomic mass is 16.5. The van der Waals surface area contributed by atoms with E-state index >= 15 is 0 Å². The van der Waals surface area contributed by atoms with E-state index in [1.807, 2.05) is 0 Å². The summed E-state index contributed by atoms with van der Waals surface area (Å²) in [6, 6.07) is 1.58. The fourth-order valence-electron chi connectivity index (χ4n) is 6.08. The van der Waals surface area contributed by atoms with Gasteiger partial charge in [-0.3, -0.25) is 9.59 Å². The van der Waals surface area contributed by atoms with Crippen LogP contribution in [0.2, 0.25) is 0 Å². The minimum absolute atomic E-state index is 0.147. The molecule has 1 heterocycles. The quantitative estimate of drug-likeness (QED) is 0.684. The molecule has 0 aliphatic heterocycles. The van der Waals surface area contributed by atoms with Crippen LogP contribution in [0.4, 0.5) is 0 Å². The van der Waals surface area contributed by atoms with Gasteiger partial charge in [0, 0.05) is 18.4 Å². The Hall–Kier alpha value is -2.31. The molecule has 0 aromatic carbocycles. The third-order valence-electron chi connectivity index (χ3n) is 6.99. The summed E-state index contributed by atoms with van der Waals surface area (Å²) < 4.78 is 10.2. The number of aryl methyl sites for hydroxylation is 1. The van der Waals surface area contributed by atoms with Crippen LogP contribution in [-0.4, -0.2) is 31.4 Å². The molecule has 4 bridgehead atoms. The summed E-state index contributed by atoms with van der Waals surface area (Å²) in [6.07, 6.45) is 7.21. The van der Waals surface area contributed by atoms with Crippen molar-refractivity contribution in [1.29, 1.82) is 0 Å². The first kappa shape index (κ1) is 20.0. The maximum Gasteiger partial charge on any atom is 0.341 e. The van der Waals surface area contributed by atoms with Crippen LogP contribution in [0.5, 0.6) is 0 Å². The Kier molecular flexibility index (Phi) is 5.40. The largest absolute Gasteiger partial charge is 0.465 e. The molecule has 0 atom stereocenters. The van der Waals surface area contributed by atoms with Crippen LogP contribution in [0, 0.1) is 30.1 Å². The lowest BCUT2D eigenvalue weighted by Gasteiger charge is -2.55. The van der Waals surface area contributed by atoms with E-state index in [4.69, 9.17) is 9.15 Å². The molecule has 29 heavy (non-hydrogen) atoms. The predicted octanol–water partition coefficient (Wildman–Crippen LogP) is 2.71. The van der Waals surface area contributed by atoms with Crippen molar-refractivity contribution in [2.24, 2.45) is 23.2 Å². The Bertz CT molecular complexity index is 777. The molecule has 2 amide bonds.